The topological polar surface area (TPSA) is 44.4 Å². The zero-order valence-electron chi connectivity index (χ0n) is 17.3. The second kappa shape index (κ2) is 9.24. The molecule has 1 saturated heterocycles. The lowest BCUT2D eigenvalue weighted by Gasteiger charge is -2.35. The monoisotopic (exact) mass is 379 g/mol. The second-order valence-electron chi connectivity index (χ2n) is 8.86. The summed E-state index contributed by atoms with van der Waals surface area (Å²) in [6, 6.07) is 21.0. The van der Waals surface area contributed by atoms with E-state index in [1.165, 1.54) is 5.56 Å². The highest BCUT2D eigenvalue weighted by molar-refractivity contribution is 5.75. The minimum atomic E-state index is -0.0645. The van der Waals surface area contributed by atoms with Gasteiger partial charge in [-0.05, 0) is 29.4 Å². The number of rotatable bonds is 5. The molecule has 0 aromatic heterocycles. The number of nitrogens with one attached hydrogen (secondary N) is 2. The summed E-state index contributed by atoms with van der Waals surface area (Å²) in [5, 5.41) is 6.41. The molecule has 4 nitrogen and oxygen atoms in total. The Hall–Kier alpha value is -2.33. The van der Waals surface area contributed by atoms with Gasteiger partial charge in [-0.2, -0.15) is 0 Å². The molecule has 2 N–H and O–H groups in total. The fourth-order valence-corrected chi connectivity index (χ4v) is 3.88. The Balaban J connectivity index is 1.49. The summed E-state index contributed by atoms with van der Waals surface area (Å²) in [6.07, 6.45) is 1.98. The third-order valence-electron chi connectivity index (χ3n) is 5.45. The van der Waals surface area contributed by atoms with Gasteiger partial charge in [-0.3, -0.25) is 4.90 Å². The molecule has 0 saturated carbocycles. The highest BCUT2D eigenvalue weighted by atomic mass is 16.2. The van der Waals surface area contributed by atoms with E-state index in [1.54, 1.807) is 0 Å². The first-order valence-corrected chi connectivity index (χ1v) is 10.3. The molecule has 0 unspecified atom stereocenters. The SMILES string of the molecule is CC(C)(C)[C@H](NC(=O)NC1CCN(Cc2ccccc2)CC1)c1ccccc1. The van der Waals surface area contributed by atoms with E-state index in [1.807, 2.05) is 18.2 Å². The molecule has 1 fully saturated rings. The van der Waals surface area contributed by atoms with Crippen LogP contribution in [0.2, 0.25) is 0 Å². The Bertz CT molecular complexity index is 731. The summed E-state index contributed by atoms with van der Waals surface area (Å²) in [5.74, 6) is 0. The van der Waals surface area contributed by atoms with E-state index in [2.05, 4.69) is 78.8 Å². The van der Waals surface area contributed by atoms with Gasteiger partial charge in [-0.25, -0.2) is 4.79 Å². The molecule has 3 rings (SSSR count). The van der Waals surface area contributed by atoms with E-state index in [9.17, 15) is 4.79 Å². The first-order valence-electron chi connectivity index (χ1n) is 10.3. The van der Waals surface area contributed by atoms with Crippen LogP contribution in [-0.4, -0.2) is 30.1 Å². The molecular formula is C24H33N3O. The van der Waals surface area contributed by atoms with Crippen molar-refractivity contribution in [3.63, 3.8) is 0 Å². The molecule has 1 atom stereocenters. The van der Waals surface area contributed by atoms with Gasteiger partial charge in [0.05, 0.1) is 6.04 Å². The van der Waals surface area contributed by atoms with Crippen molar-refractivity contribution in [2.75, 3.05) is 13.1 Å². The van der Waals surface area contributed by atoms with E-state index in [4.69, 9.17) is 0 Å². The molecule has 2 amide bonds. The molecule has 2 aromatic carbocycles. The van der Waals surface area contributed by atoms with E-state index in [-0.39, 0.29) is 23.5 Å². The van der Waals surface area contributed by atoms with Gasteiger partial charge in [0.15, 0.2) is 0 Å². The van der Waals surface area contributed by atoms with Crippen molar-refractivity contribution < 1.29 is 4.79 Å². The molecule has 1 aliphatic rings. The Kier molecular flexibility index (Phi) is 6.74. The van der Waals surface area contributed by atoms with Crippen molar-refractivity contribution in [1.29, 1.82) is 0 Å². The Labute approximate surface area is 169 Å². The van der Waals surface area contributed by atoms with Gasteiger partial charge in [-0.15, -0.1) is 0 Å². The average Bonchev–Trinajstić information content (AvgIpc) is 2.68. The van der Waals surface area contributed by atoms with Gasteiger partial charge in [-0.1, -0.05) is 81.4 Å². The highest BCUT2D eigenvalue weighted by Crippen LogP contribution is 2.32. The Morgan fingerprint density at radius 2 is 1.57 bits per heavy atom. The molecule has 0 aliphatic carbocycles. The first kappa shape index (κ1) is 20.4. The van der Waals surface area contributed by atoms with Crippen LogP contribution < -0.4 is 10.6 Å². The van der Waals surface area contributed by atoms with Crippen molar-refractivity contribution in [3.8, 4) is 0 Å². The summed E-state index contributed by atoms with van der Waals surface area (Å²) in [5.41, 5.74) is 2.43. The Morgan fingerprint density at radius 1 is 1.00 bits per heavy atom. The second-order valence-corrected chi connectivity index (χ2v) is 8.86. The highest BCUT2D eigenvalue weighted by Gasteiger charge is 2.29. The van der Waals surface area contributed by atoms with Gasteiger partial charge in [0, 0.05) is 25.7 Å². The first-order chi connectivity index (χ1) is 13.4. The van der Waals surface area contributed by atoms with Crippen molar-refractivity contribution >= 4 is 6.03 Å². The third-order valence-corrected chi connectivity index (χ3v) is 5.45. The number of hydrogen-bond donors (Lipinski definition) is 2. The Morgan fingerprint density at radius 3 is 2.14 bits per heavy atom. The average molecular weight is 380 g/mol. The van der Waals surface area contributed by atoms with Crippen LogP contribution in [0.15, 0.2) is 60.7 Å². The largest absolute Gasteiger partial charge is 0.335 e. The van der Waals surface area contributed by atoms with Crippen LogP contribution in [0.1, 0.15) is 50.8 Å². The number of nitrogens with zero attached hydrogens (tertiary/aromatic N) is 1. The number of carbonyl (C=O) groups excluding carboxylic acids is 1. The smallest absolute Gasteiger partial charge is 0.315 e. The van der Waals surface area contributed by atoms with Crippen LogP contribution in [0.5, 0.6) is 0 Å². The maximum absolute atomic E-state index is 12.7. The molecule has 0 spiro atoms. The molecule has 2 aromatic rings. The molecule has 28 heavy (non-hydrogen) atoms. The number of hydrogen-bond acceptors (Lipinski definition) is 2. The minimum Gasteiger partial charge on any atom is -0.335 e. The predicted octanol–water partition coefficient (Wildman–Crippen LogP) is 4.74. The lowest BCUT2D eigenvalue weighted by molar-refractivity contribution is 0.181. The van der Waals surface area contributed by atoms with E-state index in [0.717, 1.165) is 38.0 Å². The molecule has 1 heterocycles. The lowest BCUT2D eigenvalue weighted by atomic mass is 9.82. The maximum atomic E-state index is 12.7. The molecule has 4 heteroatoms. The van der Waals surface area contributed by atoms with Crippen molar-refractivity contribution in [1.82, 2.24) is 15.5 Å². The molecule has 0 radical (unpaired) electrons. The third kappa shape index (κ3) is 5.83. The number of carbonyl (C=O) groups is 1. The number of benzene rings is 2. The van der Waals surface area contributed by atoms with Gasteiger partial charge >= 0.3 is 6.03 Å². The summed E-state index contributed by atoms with van der Waals surface area (Å²) in [4.78, 5) is 15.1. The van der Waals surface area contributed by atoms with Crippen LogP contribution in [0.4, 0.5) is 4.79 Å². The van der Waals surface area contributed by atoms with E-state index >= 15 is 0 Å². The molecule has 1 aliphatic heterocycles. The van der Waals surface area contributed by atoms with Crippen LogP contribution in [0.25, 0.3) is 0 Å². The molecule has 0 bridgehead atoms. The maximum Gasteiger partial charge on any atom is 0.315 e. The normalized spacial score (nSPS) is 17.1. The number of urea groups is 1. The van der Waals surface area contributed by atoms with Gasteiger partial charge in [0.25, 0.3) is 0 Å². The summed E-state index contributed by atoms with van der Waals surface area (Å²) < 4.78 is 0. The lowest BCUT2D eigenvalue weighted by Crippen LogP contribution is -2.49. The van der Waals surface area contributed by atoms with E-state index in [0.29, 0.717) is 0 Å². The van der Waals surface area contributed by atoms with Crippen molar-refractivity contribution in [2.24, 2.45) is 5.41 Å². The minimum absolute atomic E-state index is 0.0214. The number of amides is 2. The van der Waals surface area contributed by atoms with Crippen molar-refractivity contribution in [3.05, 3.63) is 71.8 Å². The summed E-state index contributed by atoms with van der Waals surface area (Å²) >= 11 is 0. The standard InChI is InChI=1S/C24H33N3O/c1-24(2,3)22(20-12-8-5-9-13-20)26-23(28)25-21-14-16-27(17-15-21)18-19-10-6-4-7-11-19/h4-13,21-22H,14-18H2,1-3H3,(H2,25,26,28)/t22-/m1/s1. The van der Waals surface area contributed by atoms with Crippen LogP contribution in [-0.2, 0) is 6.54 Å². The van der Waals surface area contributed by atoms with Gasteiger partial charge < -0.3 is 10.6 Å². The zero-order valence-corrected chi connectivity index (χ0v) is 17.3. The molecular weight excluding hydrogens is 346 g/mol. The molecule has 150 valence electrons. The van der Waals surface area contributed by atoms with Gasteiger partial charge in [0.1, 0.15) is 0 Å². The number of piperidine rings is 1. The predicted molar refractivity (Wildman–Crippen MR) is 115 cm³/mol. The van der Waals surface area contributed by atoms with Gasteiger partial charge in [0.2, 0.25) is 0 Å². The number of likely N-dealkylation sites (tertiary alicyclic amines) is 1. The fraction of sp³-hybridized carbons (Fsp3) is 0.458. The summed E-state index contributed by atoms with van der Waals surface area (Å²) in [6.45, 7) is 9.50. The zero-order chi connectivity index (χ0) is 20.0. The van der Waals surface area contributed by atoms with Crippen molar-refractivity contribution in [2.45, 2.75) is 52.2 Å². The van der Waals surface area contributed by atoms with Crippen LogP contribution in [0.3, 0.4) is 0 Å². The van der Waals surface area contributed by atoms with Crippen LogP contribution in [0, 0.1) is 5.41 Å². The quantitative estimate of drug-likeness (QED) is 0.788. The fourth-order valence-electron chi connectivity index (χ4n) is 3.88. The van der Waals surface area contributed by atoms with E-state index < -0.39 is 0 Å². The van der Waals surface area contributed by atoms with Crippen LogP contribution >= 0.6 is 0 Å². The summed E-state index contributed by atoms with van der Waals surface area (Å²) in [7, 11) is 0.